The van der Waals surface area contributed by atoms with Gasteiger partial charge in [-0.05, 0) is 44.7 Å². The van der Waals surface area contributed by atoms with E-state index in [2.05, 4.69) is 10.6 Å². The van der Waals surface area contributed by atoms with Gasteiger partial charge >= 0.3 is 0 Å². The highest BCUT2D eigenvalue weighted by Crippen LogP contribution is 2.17. The van der Waals surface area contributed by atoms with Gasteiger partial charge in [-0.2, -0.15) is 0 Å². The lowest BCUT2D eigenvalue weighted by molar-refractivity contribution is -0.126. The Bertz CT molecular complexity index is 234. The predicted octanol–water partition coefficient (Wildman–Crippen LogP) is 1.06. The SMILES string of the molecule is O=C(COCCC1CCNC1)NC1CCCC1. The fourth-order valence-electron chi connectivity index (χ4n) is 2.72. The van der Waals surface area contributed by atoms with Crippen molar-refractivity contribution in [1.29, 1.82) is 0 Å². The standard InChI is InChI=1S/C13H24N2O2/c16-13(15-12-3-1-2-4-12)10-17-8-6-11-5-7-14-9-11/h11-12,14H,1-10H2,(H,15,16). The largest absolute Gasteiger partial charge is 0.372 e. The average molecular weight is 240 g/mol. The molecule has 1 heterocycles. The van der Waals surface area contributed by atoms with E-state index in [1.165, 1.54) is 19.3 Å². The summed E-state index contributed by atoms with van der Waals surface area (Å²) in [6.07, 6.45) is 7.10. The van der Waals surface area contributed by atoms with E-state index >= 15 is 0 Å². The van der Waals surface area contributed by atoms with Crippen molar-refractivity contribution in [3.8, 4) is 0 Å². The third-order valence-electron chi connectivity index (χ3n) is 3.79. The first-order chi connectivity index (χ1) is 8.34. The lowest BCUT2D eigenvalue weighted by atomic mass is 10.1. The van der Waals surface area contributed by atoms with E-state index in [1.54, 1.807) is 0 Å². The smallest absolute Gasteiger partial charge is 0.246 e. The first-order valence-corrected chi connectivity index (χ1v) is 6.92. The van der Waals surface area contributed by atoms with Crippen molar-refractivity contribution in [2.24, 2.45) is 5.92 Å². The quantitative estimate of drug-likeness (QED) is 0.683. The van der Waals surface area contributed by atoms with Crippen LogP contribution in [0.1, 0.15) is 38.5 Å². The Morgan fingerprint density at radius 2 is 2.12 bits per heavy atom. The number of hydrogen-bond acceptors (Lipinski definition) is 3. The summed E-state index contributed by atoms with van der Waals surface area (Å²) in [6.45, 7) is 3.19. The molecule has 2 aliphatic rings. The minimum atomic E-state index is 0.0569. The van der Waals surface area contributed by atoms with Crippen LogP contribution in [0, 0.1) is 5.92 Å². The zero-order valence-corrected chi connectivity index (χ0v) is 10.5. The van der Waals surface area contributed by atoms with Crippen LogP contribution < -0.4 is 10.6 Å². The third-order valence-corrected chi connectivity index (χ3v) is 3.79. The monoisotopic (exact) mass is 240 g/mol. The number of rotatable bonds is 6. The van der Waals surface area contributed by atoms with Crippen molar-refractivity contribution < 1.29 is 9.53 Å². The molecule has 0 spiro atoms. The molecule has 0 bridgehead atoms. The highest BCUT2D eigenvalue weighted by molar-refractivity contribution is 5.77. The maximum atomic E-state index is 11.5. The fraction of sp³-hybridized carbons (Fsp3) is 0.923. The second kappa shape index (κ2) is 6.97. The Labute approximate surface area is 103 Å². The van der Waals surface area contributed by atoms with Crippen LogP contribution in [0.2, 0.25) is 0 Å². The number of carbonyl (C=O) groups is 1. The number of amides is 1. The summed E-state index contributed by atoms with van der Waals surface area (Å²) in [4.78, 5) is 11.5. The molecule has 1 atom stereocenters. The molecule has 0 aromatic carbocycles. The van der Waals surface area contributed by atoms with E-state index < -0.39 is 0 Å². The summed E-state index contributed by atoms with van der Waals surface area (Å²) in [7, 11) is 0. The first-order valence-electron chi connectivity index (χ1n) is 6.92. The molecule has 0 aromatic heterocycles. The molecule has 4 heteroatoms. The van der Waals surface area contributed by atoms with Gasteiger partial charge in [0.05, 0.1) is 0 Å². The Balaban J connectivity index is 1.47. The van der Waals surface area contributed by atoms with Gasteiger partial charge in [0.2, 0.25) is 5.91 Å². The van der Waals surface area contributed by atoms with Crippen LogP contribution in [0.5, 0.6) is 0 Å². The molecule has 17 heavy (non-hydrogen) atoms. The molecule has 98 valence electrons. The van der Waals surface area contributed by atoms with Crippen LogP contribution in [0.25, 0.3) is 0 Å². The van der Waals surface area contributed by atoms with Gasteiger partial charge in [-0.25, -0.2) is 0 Å². The van der Waals surface area contributed by atoms with Crippen LogP contribution in [0.15, 0.2) is 0 Å². The Hall–Kier alpha value is -0.610. The lowest BCUT2D eigenvalue weighted by Crippen LogP contribution is -2.35. The Morgan fingerprint density at radius 1 is 1.29 bits per heavy atom. The molecule has 1 amide bonds. The summed E-state index contributed by atoms with van der Waals surface area (Å²) in [5, 5.41) is 6.37. The maximum absolute atomic E-state index is 11.5. The summed E-state index contributed by atoms with van der Waals surface area (Å²) in [5.41, 5.74) is 0. The molecule has 0 radical (unpaired) electrons. The molecule has 2 N–H and O–H groups in total. The van der Waals surface area contributed by atoms with Crippen LogP contribution in [0.4, 0.5) is 0 Å². The van der Waals surface area contributed by atoms with E-state index in [0.29, 0.717) is 12.6 Å². The van der Waals surface area contributed by atoms with Gasteiger partial charge in [0, 0.05) is 12.6 Å². The van der Waals surface area contributed by atoms with Gasteiger partial charge < -0.3 is 15.4 Å². The van der Waals surface area contributed by atoms with Crippen molar-refractivity contribution in [3.05, 3.63) is 0 Å². The molecular weight excluding hydrogens is 216 g/mol. The van der Waals surface area contributed by atoms with Gasteiger partial charge in [0.25, 0.3) is 0 Å². The molecule has 1 unspecified atom stereocenters. The van der Waals surface area contributed by atoms with Gasteiger partial charge in [-0.15, -0.1) is 0 Å². The number of nitrogens with one attached hydrogen (secondary N) is 2. The van der Waals surface area contributed by atoms with Crippen LogP contribution >= 0.6 is 0 Å². The van der Waals surface area contributed by atoms with Crippen LogP contribution in [-0.4, -0.2) is 38.3 Å². The second-order valence-corrected chi connectivity index (χ2v) is 5.25. The van der Waals surface area contributed by atoms with E-state index in [9.17, 15) is 4.79 Å². The number of carbonyl (C=O) groups excluding carboxylic acids is 1. The van der Waals surface area contributed by atoms with E-state index in [4.69, 9.17) is 4.74 Å². The molecule has 2 rings (SSSR count). The van der Waals surface area contributed by atoms with Gasteiger partial charge in [-0.1, -0.05) is 12.8 Å². The van der Waals surface area contributed by atoms with Crippen molar-refractivity contribution in [2.45, 2.75) is 44.6 Å². The maximum Gasteiger partial charge on any atom is 0.246 e. The summed E-state index contributed by atoms with van der Waals surface area (Å²) in [5.74, 6) is 0.800. The van der Waals surface area contributed by atoms with Gasteiger partial charge in [0.15, 0.2) is 0 Å². The van der Waals surface area contributed by atoms with Crippen molar-refractivity contribution in [1.82, 2.24) is 10.6 Å². The second-order valence-electron chi connectivity index (χ2n) is 5.25. The van der Waals surface area contributed by atoms with Crippen molar-refractivity contribution in [3.63, 3.8) is 0 Å². The zero-order valence-electron chi connectivity index (χ0n) is 10.5. The molecule has 4 nitrogen and oxygen atoms in total. The van der Waals surface area contributed by atoms with Crippen molar-refractivity contribution in [2.75, 3.05) is 26.3 Å². The third kappa shape index (κ3) is 4.64. The summed E-state index contributed by atoms with van der Waals surface area (Å²) < 4.78 is 5.43. The summed E-state index contributed by atoms with van der Waals surface area (Å²) >= 11 is 0. The highest BCUT2D eigenvalue weighted by Gasteiger charge is 2.17. The Kier molecular flexibility index (Phi) is 5.26. The highest BCUT2D eigenvalue weighted by atomic mass is 16.5. The fourth-order valence-corrected chi connectivity index (χ4v) is 2.72. The molecule has 1 saturated heterocycles. The lowest BCUT2D eigenvalue weighted by Gasteiger charge is -2.12. The van der Waals surface area contributed by atoms with E-state index in [0.717, 1.165) is 38.3 Å². The van der Waals surface area contributed by atoms with Crippen LogP contribution in [-0.2, 0) is 9.53 Å². The van der Waals surface area contributed by atoms with Crippen molar-refractivity contribution >= 4 is 5.91 Å². The molecule has 1 aliphatic heterocycles. The minimum Gasteiger partial charge on any atom is -0.372 e. The minimum absolute atomic E-state index is 0.0569. The molecule has 1 saturated carbocycles. The number of ether oxygens (including phenoxy) is 1. The normalized spacial score (nSPS) is 25.3. The summed E-state index contributed by atoms with van der Waals surface area (Å²) in [6, 6.07) is 0.408. The van der Waals surface area contributed by atoms with Gasteiger partial charge in [0.1, 0.15) is 6.61 Å². The molecule has 2 fully saturated rings. The topological polar surface area (TPSA) is 50.4 Å². The molecular formula is C13H24N2O2. The molecule has 0 aromatic rings. The zero-order chi connectivity index (χ0) is 11.9. The average Bonchev–Trinajstić information content (AvgIpc) is 2.96. The van der Waals surface area contributed by atoms with Gasteiger partial charge in [-0.3, -0.25) is 4.79 Å². The van der Waals surface area contributed by atoms with E-state index in [-0.39, 0.29) is 12.5 Å². The Morgan fingerprint density at radius 3 is 2.82 bits per heavy atom. The van der Waals surface area contributed by atoms with E-state index in [1.807, 2.05) is 0 Å². The molecule has 1 aliphatic carbocycles. The first kappa shape index (κ1) is 12.8. The van der Waals surface area contributed by atoms with Crippen LogP contribution in [0.3, 0.4) is 0 Å². The number of hydrogen-bond donors (Lipinski definition) is 2. The predicted molar refractivity (Wildman–Crippen MR) is 66.8 cm³/mol.